The van der Waals surface area contributed by atoms with Gasteiger partial charge in [0.05, 0.1) is 0 Å². The van der Waals surface area contributed by atoms with Crippen LogP contribution in [0.4, 0.5) is 0 Å². The minimum absolute atomic E-state index is 0.563. The lowest BCUT2D eigenvalue weighted by atomic mass is 9.89. The summed E-state index contributed by atoms with van der Waals surface area (Å²) in [6, 6.07) is 0. The van der Waals surface area contributed by atoms with E-state index in [0.29, 0.717) is 5.41 Å². The van der Waals surface area contributed by atoms with Gasteiger partial charge in [-0.05, 0) is 30.1 Å². The molecule has 0 aromatic rings. The van der Waals surface area contributed by atoms with Crippen LogP contribution in [0.25, 0.3) is 0 Å². The fourth-order valence-electron chi connectivity index (χ4n) is 2.07. The molecule has 2 unspecified atom stereocenters. The minimum Gasteiger partial charge on any atom is -0.0654 e. The summed E-state index contributed by atoms with van der Waals surface area (Å²) in [5.41, 5.74) is 0.563. The van der Waals surface area contributed by atoms with E-state index in [1.165, 1.54) is 25.7 Å². The molecule has 66 valence electrons. The summed E-state index contributed by atoms with van der Waals surface area (Å²) in [5, 5.41) is 0. The van der Waals surface area contributed by atoms with Crippen molar-refractivity contribution in [2.75, 3.05) is 0 Å². The van der Waals surface area contributed by atoms with Crippen molar-refractivity contribution >= 4 is 0 Å². The van der Waals surface area contributed by atoms with E-state index in [2.05, 4.69) is 27.7 Å². The van der Waals surface area contributed by atoms with Crippen LogP contribution >= 0.6 is 0 Å². The Morgan fingerprint density at radius 3 is 2.27 bits per heavy atom. The van der Waals surface area contributed by atoms with E-state index in [4.69, 9.17) is 0 Å². The predicted octanol–water partition coefficient (Wildman–Crippen LogP) is 3.86. The van der Waals surface area contributed by atoms with Gasteiger partial charge in [0, 0.05) is 0 Å². The monoisotopic (exact) mass is 154 g/mol. The highest BCUT2D eigenvalue weighted by molar-refractivity contribution is 4.88. The lowest BCUT2D eigenvalue weighted by molar-refractivity contribution is 0.342. The van der Waals surface area contributed by atoms with E-state index < -0.39 is 0 Å². The van der Waals surface area contributed by atoms with Crippen molar-refractivity contribution in [2.45, 2.75) is 53.4 Å². The van der Waals surface area contributed by atoms with Crippen molar-refractivity contribution in [1.29, 1.82) is 0 Å². The Bertz CT molecular complexity index is 118. The van der Waals surface area contributed by atoms with Crippen LogP contribution in [0.3, 0.4) is 0 Å². The molecule has 0 heteroatoms. The normalized spacial score (nSPS) is 30.5. The zero-order valence-electron chi connectivity index (χ0n) is 8.48. The molecule has 0 radical (unpaired) electrons. The standard InChI is InChI=1S/C11H22/c1-5-6-9-7-10(9)8-11(2,3)4/h9-10H,5-8H2,1-4H3. The van der Waals surface area contributed by atoms with Gasteiger partial charge in [-0.15, -0.1) is 0 Å². The molecule has 1 saturated carbocycles. The van der Waals surface area contributed by atoms with Crippen molar-refractivity contribution in [3.05, 3.63) is 0 Å². The topological polar surface area (TPSA) is 0 Å². The third kappa shape index (κ3) is 3.27. The molecule has 1 rings (SSSR count). The van der Waals surface area contributed by atoms with Crippen LogP contribution in [0, 0.1) is 17.3 Å². The maximum Gasteiger partial charge on any atom is -0.0378 e. The molecule has 11 heavy (non-hydrogen) atoms. The summed E-state index contributed by atoms with van der Waals surface area (Å²) in [5.74, 6) is 2.18. The SMILES string of the molecule is CCCC1CC1CC(C)(C)C. The quantitative estimate of drug-likeness (QED) is 0.579. The fraction of sp³-hybridized carbons (Fsp3) is 1.00. The van der Waals surface area contributed by atoms with Crippen LogP contribution in [0.15, 0.2) is 0 Å². The number of hydrogen-bond acceptors (Lipinski definition) is 0. The molecule has 1 aliphatic carbocycles. The van der Waals surface area contributed by atoms with Crippen molar-refractivity contribution < 1.29 is 0 Å². The average Bonchev–Trinajstić information content (AvgIpc) is 2.44. The van der Waals surface area contributed by atoms with E-state index in [0.717, 1.165) is 11.8 Å². The first kappa shape index (κ1) is 9.09. The average molecular weight is 154 g/mol. The molecular formula is C11H22. The van der Waals surface area contributed by atoms with Gasteiger partial charge in [-0.1, -0.05) is 40.5 Å². The van der Waals surface area contributed by atoms with E-state index in [1.54, 1.807) is 0 Å². The van der Waals surface area contributed by atoms with E-state index in [1.807, 2.05) is 0 Å². The molecule has 0 N–H and O–H groups in total. The first-order chi connectivity index (χ1) is 5.03. The largest absolute Gasteiger partial charge is 0.0654 e. The van der Waals surface area contributed by atoms with Gasteiger partial charge in [0.1, 0.15) is 0 Å². The van der Waals surface area contributed by atoms with Crippen LogP contribution in [-0.2, 0) is 0 Å². The lowest BCUT2D eigenvalue weighted by Crippen LogP contribution is -2.06. The first-order valence-electron chi connectivity index (χ1n) is 5.03. The fourth-order valence-corrected chi connectivity index (χ4v) is 2.07. The van der Waals surface area contributed by atoms with Gasteiger partial charge in [0.25, 0.3) is 0 Å². The Kier molecular flexibility index (Phi) is 2.61. The molecule has 0 amide bonds. The molecule has 0 spiro atoms. The summed E-state index contributed by atoms with van der Waals surface area (Å²) in [6.45, 7) is 9.36. The molecule has 0 saturated heterocycles. The van der Waals surface area contributed by atoms with E-state index in [-0.39, 0.29) is 0 Å². The minimum atomic E-state index is 0.563. The molecule has 1 aliphatic rings. The molecule has 1 fully saturated rings. The summed E-state index contributed by atoms with van der Waals surface area (Å²) in [7, 11) is 0. The Balaban J connectivity index is 2.13. The van der Waals surface area contributed by atoms with Crippen molar-refractivity contribution in [1.82, 2.24) is 0 Å². The molecule has 0 bridgehead atoms. The van der Waals surface area contributed by atoms with Crippen LogP contribution in [0.2, 0.25) is 0 Å². The predicted molar refractivity (Wildman–Crippen MR) is 50.6 cm³/mol. The zero-order valence-corrected chi connectivity index (χ0v) is 8.48. The molecule has 0 aromatic heterocycles. The van der Waals surface area contributed by atoms with Crippen molar-refractivity contribution in [3.63, 3.8) is 0 Å². The van der Waals surface area contributed by atoms with Gasteiger partial charge in [-0.2, -0.15) is 0 Å². The second-order valence-corrected chi connectivity index (χ2v) is 5.31. The van der Waals surface area contributed by atoms with Gasteiger partial charge in [-0.25, -0.2) is 0 Å². The third-order valence-corrected chi connectivity index (χ3v) is 2.60. The van der Waals surface area contributed by atoms with Gasteiger partial charge < -0.3 is 0 Å². The Morgan fingerprint density at radius 1 is 1.18 bits per heavy atom. The highest BCUT2D eigenvalue weighted by Crippen LogP contribution is 2.48. The molecule has 0 nitrogen and oxygen atoms in total. The van der Waals surface area contributed by atoms with Gasteiger partial charge in [0.15, 0.2) is 0 Å². The second-order valence-electron chi connectivity index (χ2n) is 5.31. The van der Waals surface area contributed by atoms with Crippen molar-refractivity contribution in [3.8, 4) is 0 Å². The maximum atomic E-state index is 2.36. The molecule has 2 atom stereocenters. The second kappa shape index (κ2) is 3.16. The summed E-state index contributed by atoms with van der Waals surface area (Å²) < 4.78 is 0. The summed E-state index contributed by atoms with van der Waals surface area (Å²) >= 11 is 0. The highest BCUT2D eigenvalue weighted by atomic mass is 14.4. The van der Waals surface area contributed by atoms with E-state index >= 15 is 0 Å². The Hall–Kier alpha value is 0. The Morgan fingerprint density at radius 2 is 1.82 bits per heavy atom. The smallest absolute Gasteiger partial charge is 0.0378 e. The molecule has 0 heterocycles. The maximum absolute atomic E-state index is 2.36. The van der Waals surface area contributed by atoms with Gasteiger partial charge in [-0.3, -0.25) is 0 Å². The van der Waals surface area contributed by atoms with Crippen LogP contribution in [0.5, 0.6) is 0 Å². The number of hydrogen-bond donors (Lipinski definition) is 0. The Labute approximate surface area is 71.4 Å². The summed E-state index contributed by atoms with van der Waals surface area (Å²) in [4.78, 5) is 0. The number of rotatable bonds is 3. The van der Waals surface area contributed by atoms with Gasteiger partial charge >= 0.3 is 0 Å². The molecular weight excluding hydrogens is 132 g/mol. The van der Waals surface area contributed by atoms with Gasteiger partial charge in [0.2, 0.25) is 0 Å². The first-order valence-corrected chi connectivity index (χ1v) is 5.03. The zero-order chi connectivity index (χ0) is 8.48. The van der Waals surface area contributed by atoms with E-state index in [9.17, 15) is 0 Å². The highest BCUT2D eigenvalue weighted by Gasteiger charge is 2.37. The molecule has 0 aliphatic heterocycles. The summed E-state index contributed by atoms with van der Waals surface area (Å²) in [6.07, 6.45) is 5.81. The van der Waals surface area contributed by atoms with Crippen LogP contribution in [0.1, 0.15) is 53.4 Å². The van der Waals surface area contributed by atoms with Crippen LogP contribution < -0.4 is 0 Å². The van der Waals surface area contributed by atoms with Crippen LogP contribution in [-0.4, -0.2) is 0 Å². The molecule has 0 aromatic carbocycles. The lowest BCUT2D eigenvalue weighted by Gasteiger charge is -2.17. The third-order valence-electron chi connectivity index (χ3n) is 2.60. The van der Waals surface area contributed by atoms with Crippen molar-refractivity contribution in [2.24, 2.45) is 17.3 Å².